The van der Waals surface area contributed by atoms with Gasteiger partial charge in [0.15, 0.2) is 6.04 Å². The standard InChI is InChI=1S/C7H11NO3.C6H13NO2.BH3O2/c1-5(2)3-6(7(10)11)8-4-9;1-4(2)3-5(7)6(8)9;2-1-3/h5-6H,3H2,1-2H3,(H,10,11);4-5H,3,7H2,1-2H3,(H,8,9);1-3H/t6-;5-;/m00./s1. The van der Waals surface area contributed by atoms with Crippen molar-refractivity contribution in [2.75, 3.05) is 0 Å². The highest BCUT2D eigenvalue weighted by molar-refractivity contribution is 6.13. The number of carbonyl (C=O) groups is 2. The molecule has 134 valence electrons. The number of aliphatic imine (C=N–C) groups is 1. The van der Waals surface area contributed by atoms with E-state index in [1.165, 1.54) is 6.08 Å². The summed E-state index contributed by atoms with van der Waals surface area (Å²) < 4.78 is 0. The van der Waals surface area contributed by atoms with Gasteiger partial charge in [0.25, 0.3) is 0 Å². The maximum absolute atomic E-state index is 10.4. The number of nitrogens with two attached hydrogens (primary N) is 1. The van der Waals surface area contributed by atoms with E-state index < -0.39 is 31.7 Å². The van der Waals surface area contributed by atoms with Crippen molar-refractivity contribution in [3.05, 3.63) is 0 Å². The van der Waals surface area contributed by atoms with Gasteiger partial charge in [-0.3, -0.25) is 4.79 Å². The SMILES string of the molecule is CC(C)C[C@H](N)C(=O)O.CC(C)C[C@H](N=C=O)C(=O)O.OBO. The normalized spacial score (nSPS) is 11.9. The van der Waals surface area contributed by atoms with E-state index in [-0.39, 0.29) is 5.92 Å². The highest BCUT2D eigenvalue weighted by Gasteiger charge is 2.17. The van der Waals surface area contributed by atoms with E-state index in [0.29, 0.717) is 18.8 Å². The summed E-state index contributed by atoms with van der Waals surface area (Å²) in [6.45, 7) is 7.64. The fourth-order valence-electron chi connectivity index (χ4n) is 1.33. The summed E-state index contributed by atoms with van der Waals surface area (Å²) in [6.07, 6.45) is 2.18. The van der Waals surface area contributed by atoms with Crippen LogP contribution >= 0.6 is 0 Å². The summed E-state index contributed by atoms with van der Waals surface area (Å²) in [5.74, 6) is -1.41. The summed E-state index contributed by atoms with van der Waals surface area (Å²) in [6, 6.07) is -1.61. The van der Waals surface area contributed by atoms with Gasteiger partial charge in [-0.15, -0.1) is 0 Å². The first-order valence-corrected chi connectivity index (χ1v) is 7.03. The molecule has 0 aliphatic heterocycles. The quantitative estimate of drug-likeness (QED) is 0.236. The van der Waals surface area contributed by atoms with Crippen LogP contribution in [0, 0.1) is 11.8 Å². The van der Waals surface area contributed by atoms with Crippen LogP contribution in [0.3, 0.4) is 0 Å². The van der Waals surface area contributed by atoms with Gasteiger partial charge in [0.1, 0.15) is 6.04 Å². The highest BCUT2D eigenvalue weighted by atomic mass is 16.4. The third kappa shape index (κ3) is 22.7. The molecule has 9 nitrogen and oxygen atoms in total. The molecule has 10 heteroatoms. The van der Waals surface area contributed by atoms with Crippen molar-refractivity contribution in [3.8, 4) is 0 Å². The Balaban J connectivity index is -0.000000301. The van der Waals surface area contributed by atoms with E-state index in [1.807, 2.05) is 27.7 Å². The van der Waals surface area contributed by atoms with Crippen molar-refractivity contribution in [2.24, 2.45) is 22.6 Å². The topological polar surface area (TPSA) is 171 Å². The first kappa shape index (κ1) is 26.2. The van der Waals surface area contributed by atoms with Crippen molar-refractivity contribution in [1.82, 2.24) is 0 Å². The lowest BCUT2D eigenvalue weighted by Crippen LogP contribution is -2.31. The van der Waals surface area contributed by atoms with Crippen LogP contribution in [0.5, 0.6) is 0 Å². The first-order valence-electron chi connectivity index (χ1n) is 7.03. The Morgan fingerprint density at radius 1 is 1.04 bits per heavy atom. The summed E-state index contributed by atoms with van der Waals surface area (Å²) in [4.78, 5) is 33.4. The van der Waals surface area contributed by atoms with E-state index in [4.69, 9.17) is 26.0 Å². The minimum absolute atomic E-state index is 0.216. The number of carbonyl (C=O) groups excluding carboxylic acids is 1. The van der Waals surface area contributed by atoms with Gasteiger partial charge < -0.3 is 26.0 Å². The van der Waals surface area contributed by atoms with Crippen LogP contribution in [0.1, 0.15) is 40.5 Å². The van der Waals surface area contributed by atoms with Gasteiger partial charge in [0.05, 0.1) is 0 Å². The molecule has 23 heavy (non-hydrogen) atoms. The number of hydrogen-bond acceptors (Lipinski definition) is 7. The molecule has 0 rings (SSSR count). The summed E-state index contributed by atoms with van der Waals surface area (Å²) in [5.41, 5.74) is 5.22. The molecule has 0 fully saturated rings. The lowest BCUT2D eigenvalue weighted by atomic mass is 10.0. The minimum Gasteiger partial charge on any atom is -0.480 e. The molecule has 0 aromatic heterocycles. The fourth-order valence-corrected chi connectivity index (χ4v) is 1.33. The minimum atomic E-state index is -1.07. The van der Waals surface area contributed by atoms with Gasteiger partial charge >= 0.3 is 19.6 Å². The van der Waals surface area contributed by atoms with Crippen LogP contribution in [-0.2, 0) is 14.4 Å². The Morgan fingerprint density at radius 3 is 1.61 bits per heavy atom. The molecule has 2 atom stereocenters. The zero-order valence-electron chi connectivity index (χ0n) is 14.0. The number of rotatable bonds is 7. The van der Waals surface area contributed by atoms with Gasteiger partial charge in [-0.05, 0) is 24.7 Å². The molecule has 0 spiro atoms. The van der Waals surface area contributed by atoms with Crippen molar-refractivity contribution in [2.45, 2.75) is 52.6 Å². The maximum atomic E-state index is 10.4. The van der Waals surface area contributed by atoms with Crippen molar-refractivity contribution in [3.63, 3.8) is 0 Å². The molecule has 0 saturated heterocycles. The van der Waals surface area contributed by atoms with Gasteiger partial charge in [0.2, 0.25) is 6.08 Å². The van der Waals surface area contributed by atoms with E-state index in [1.54, 1.807) is 0 Å². The summed E-state index contributed by atoms with van der Waals surface area (Å²) in [7, 11) is -0.750. The molecule has 0 aliphatic rings. The Kier molecular flexibility index (Phi) is 18.9. The average molecular weight is 334 g/mol. The number of nitrogens with zero attached hydrogens (tertiary/aromatic N) is 1. The van der Waals surface area contributed by atoms with E-state index in [2.05, 4.69) is 4.99 Å². The predicted molar refractivity (Wildman–Crippen MR) is 85.7 cm³/mol. The molecular formula is C13H27BN2O7. The molecule has 0 saturated carbocycles. The zero-order chi connectivity index (χ0) is 19.0. The van der Waals surface area contributed by atoms with Crippen molar-refractivity contribution >= 4 is 25.7 Å². The van der Waals surface area contributed by atoms with Gasteiger partial charge in [-0.1, -0.05) is 27.7 Å². The zero-order valence-corrected chi connectivity index (χ0v) is 14.0. The lowest BCUT2D eigenvalue weighted by Gasteiger charge is -2.07. The third-order valence-electron chi connectivity index (χ3n) is 2.23. The number of hydrogen-bond donors (Lipinski definition) is 5. The molecule has 0 radical (unpaired) electrons. The first-order chi connectivity index (χ1) is 10.5. The smallest absolute Gasteiger partial charge is 0.432 e. The van der Waals surface area contributed by atoms with E-state index in [0.717, 1.165) is 0 Å². The van der Waals surface area contributed by atoms with Crippen LogP contribution in [0.2, 0.25) is 0 Å². The summed E-state index contributed by atoms with van der Waals surface area (Å²) >= 11 is 0. The molecule has 0 bridgehead atoms. The monoisotopic (exact) mass is 334 g/mol. The molecular weight excluding hydrogens is 307 g/mol. The second-order valence-corrected chi connectivity index (χ2v) is 5.42. The molecule has 0 aromatic carbocycles. The number of isocyanates is 1. The average Bonchev–Trinajstić information content (AvgIpc) is 2.38. The number of aliphatic carboxylic acids is 2. The Labute approximate surface area is 136 Å². The molecule has 0 heterocycles. The van der Waals surface area contributed by atoms with Crippen LogP contribution < -0.4 is 5.73 Å². The van der Waals surface area contributed by atoms with Crippen LogP contribution in [0.4, 0.5) is 0 Å². The largest absolute Gasteiger partial charge is 0.480 e. The molecule has 6 N–H and O–H groups in total. The van der Waals surface area contributed by atoms with Crippen molar-refractivity contribution in [1.29, 1.82) is 0 Å². The second kappa shape index (κ2) is 16.6. The number of carboxylic acid groups (broad SMARTS) is 2. The second-order valence-electron chi connectivity index (χ2n) is 5.42. The number of carboxylic acids is 2. The van der Waals surface area contributed by atoms with Crippen LogP contribution in [0.25, 0.3) is 0 Å². The third-order valence-corrected chi connectivity index (χ3v) is 2.23. The fraction of sp³-hybridized carbons (Fsp3) is 0.769. The van der Waals surface area contributed by atoms with Crippen LogP contribution in [-0.4, -0.2) is 58.0 Å². The van der Waals surface area contributed by atoms with Gasteiger partial charge in [-0.25, -0.2) is 9.59 Å². The van der Waals surface area contributed by atoms with Gasteiger partial charge in [0, 0.05) is 0 Å². The molecule has 0 aromatic rings. The highest BCUT2D eigenvalue weighted by Crippen LogP contribution is 2.07. The summed E-state index contributed by atoms with van der Waals surface area (Å²) in [5, 5.41) is 31.0. The van der Waals surface area contributed by atoms with E-state index >= 15 is 0 Å². The Bertz CT molecular complexity index is 369. The molecule has 0 amide bonds. The lowest BCUT2D eigenvalue weighted by molar-refractivity contribution is -0.139. The predicted octanol–water partition coefficient (Wildman–Crippen LogP) is -0.497. The maximum Gasteiger partial charge on any atom is 0.432 e. The molecule has 0 unspecified atom stereocenters. The Hall–Kier alpha value is -1.74. The molecule has 0 aliphatic carbocycles. The van der Waals surface area contributed by atoms with Gasteiger partial charge in [-0.2, -0.15) is 4.99 Å². The Morgan fingerprint density at radius 2 is 1.43 bits per heavy atom. The van der Waals surface area contributed by atoms with Crippen molar-refractivity contribution < 1.29 is 34.6 Å². The van der Waals surface area contributed by atoms with E-state index in [9.17, 15) is 14.4 Å². The van der Waals surface area contributed by atoms with Crippen LogP contribution in [0.15, 0.2) is 4.99 Å².